The molecule has 0 aromatic heterocycles. The molecule has 1 aliphatic heterocycles. The van der Waals surface area contributed by atoms with Crippen molar-refractivity contribution in [1.82, 2.24) is 0 Å². The van der Waals surface area contributed by atoms with Gasteiger partial charge in [0.25, 0.3) is 0 Å². The molecular weight excluding hydrogens is 298 g/mol. The van der Waals surface area contributed by atoms with E-state index in [1.165, 1.54) is 53.3 Å². The van der Waals surface area contributed by atoms with Crippen LogP contribution in [-0.4, -0.2) is 6.04 Å². The summed E-state index contributed by atoms with van der Waals surface area (Å²) in [5.74, 6) is 0. The summed E-state index contributed by atoms with van der Waals surface area (Å²) in [5.41, 5.74) is 2.81. The van der Waals surface area contributed by atoms with Gasteiger partial charge in [-0.05, 0) is 43.0 Å². The fourth-order valence-corrected chi connectivity index (χ4v) is 4.85. The Morgan fingerprint density at radius 1 is 0.913 bits per heavy atom. The quantitative estimate of drug-likeness (QED) is 0.680. The van der Waals surface area contributed by atoms with Crippen molar-refractivity contribution >= 4 is 17.4 Å². The first kappa shape index (κ1) is 14.9. The second kappa shape index (κ2) is 6.84. The molecule has 0 atom stereocenters. The van der Waals surface area contributed by atoms with Crippen LogP contribution in [0, 0.1) is 0 Å². The molecule has 1 nitrogen and oxygen atoms in total. The Morgan fingerprint density at radius 3 is 2.48 bits per heavy atom. The maximum atomic E-state index is 2.63. The molecule has 0 bridgehead atoms. The highest BCUT2D eigenvalue weighted by molar-refractivity contribution is 8.03. The predicted octanol–water partition coefficient (Wildman–Crippen LogP) is 6.02. The van der Waals surface area contributed by atoms with Gasteiger partial charge in [0.05, 0.1) is 10.7 Å². The number of fused-ring (bicyclic) bond motifs is 1. The first-order valence-electron chi connectivity index (χ1n) is 8.72. The zero-order chi connectivity index (χ0) is 15.5. The average Bonchev–Trinajstić information content (AvgIpc) is 3.00. The summed E-state index contributed by atoms with van der Waals surface area (Å²) in [5, 5.41) is 1.43. The number of allylic oxidation sites excluding steroid dienone is 1. The van der Waals surface area contributed by atoms with Crippen LogP contribution in [-0.2, 0) is 6.42 Å². The molecule has 4 rings (SSSR count). The Balaban J connectivity index is 1.62. The highest BCUT2D eigenvalue weighted by Gasteiger charge is 2.31. The van der Waals surface area contributed by atoms with Gasteiger partial charge in [0.1, 0.15) is 0 Å². The highest BCUT2D eigenvalue weighted by atomic mass is 32.2. The summed E-state index contributed by atoms with van der Waals surface area (Å²) in [6, 6.07) is 20.4. The molecule has 23 heavy (non-hydrogen) atoms. The van der Waals surface area contributed by atoms with Gasteiger partial charge in [0.2, 0.25) is 0 Å². The van der Waals surface area contributed by atoms with Crippen LogP contribution >= 0.6 is 11.8 Å². The van der Waals surface area contributed by atoms with E-state index in [2.05, 4.69) is 65.6 Å². The van der Waals surface area contributed by atoms with Crippen LogP contribution in [0.5, 0.6) is 0 Å². The van der Waals surface area contributed by atoms with Crippen molar-refractivity contribution in [3.63, 3.8) is 0 Å². The van der Waals surface area contributed by atoms with Crippen LogP contribution in [0.4, 0.5) is 5.69 Å². The van der Waals surface area contributed by atoms with Gasteiger partial charge in [-0.2, -0.15) is 0 Å². The van der Waals surface area contributed by atoms with Crippen molar-refractivity contribution in [2.75, 3.05) is 4.90 Å². The fraction of sp³-hybridized carbons (Fsp3) is 0.333. The maximum Gasteiger partial charge on any atom is 0.0766 e. The van der Waals surface area contributed by atoms with Gasteiger partial charge in [0.15, 0.2) is 0 Å². The first-order valence-corrected chi connectivity index (χ1v) is 9.54. The zero-order valence-electron chi connectivity index (χ0n) is 13.4. The van der Waals surface area contributed by atoms with Crippen LogP contribution in [0.1, 0.15) is 37.7 Å². The molecule has 118 valence electrons. The van der Waals surface area contributed by atoms with Gasteiger partial charge < -0.3 is 4.90 Å². The summed E-state index contributed by atoms with van der Waals surface area (Å²) < 4.78 is 0. The van der Waals surface area contributed by atoms with Gasteiger partial charge in [-0.25, -0.2) is 0 Å². The number of anilines is 1. The van der Waals surface area contributed by atoms with E-state index in [0.29, 0.717) is 6.04 Å². The summed E-state index contributed by atoms with van der Waals surface area (Å²) in [6.07, 6.45) is 10.3. The standard InChI is InChI=1S/C21H23NS/c1-3-9-17(10-4-1)15-16-21-22(18-11-5-2-6-12-18)19-13-7-8-14-20(19)23-21/h1,3-4,7-10,13-14,16,18H,2,5-6,11-12,15H2/b21-16-. The van der Waals surface area contributed by atoms with E-state index in [1.807, 2.05) is 11.8 Å². The molecule has 2 aromatic rings. The van der Waals surface area contributed by atoms with E-state index in [9.17, 15) is 0 Å². The number of hydrogen-bond donors (Lipinski definition) is 0. The van der Waals surface area contributed by atoms with E-state index >= 15 is 0 Å². The maximum absolute atomic E-state index is 2.63. The van der Waals surface area contributed by atoms with Crippen LogP contribution in [0.2, 0.25) is 0 Å². The Hall–Kier alpha value is -1.67. The smallest absolute Gasteiger partial charge is 0.0766 e. The van der Waals surface area contributed by atoms with Crippen molar-refractivity contribution in [1.29, 1.82) is 0 Å². The van der Waals surface area contributed by atoms with Gasteiger partial charge >= 0.3 is 0 Å². The van der Waals surface area contributed by atoms with Gasteiger partial charge in [-0.1, -0.05) is 73.5 Å². The normalized spacial score (nSPS) is 20.0. The molecule has 1 aliphatic carbocycles. The minimum Gasteiger partial charge on any atom is -0.332 e. The molecular formula is C21H23NS. The third kappa shape index (κ3) is 3.18. The van der Waals surface area contributed by atoms with E-state index in [0.717, 1.165) is 6.42 Å². The molecule has 0 unspecified atom stereocenters. The minimum atomic E-state index is 0.682. The Morgan fingerprint density at radius 2 is 1.65 bits per heavy atom. The molecule has 0 radical (unpaired) electrons. The van der Waals surface area contributed by atoms with Crippen LogP contribution in [0.3, 0.4) is 0 Å². The van der Waals surface area contributed by atoms with E-state index < -0.39 is 0 Å². The second-order valence-electron chi connectivity index (χ2n) is 6.46. The van der Waals surface area contributed by atoms with Crippen molar-refractivity contribution < 1.29 is 0 Å². The Labute approximate surface area is 143 Å². The van der Waals surface area contributed by atoms with Crippen LogP contribution < -0.4 is 4.90 Å². The topological polar surface area (TPSA) is 3.24 Å². The number of rotatable bonds is 3. The molecule has 0 spiro atoms. The third-order valence-electron chi connectivity index (χ3n) is 4.87. The summed E-state index contributed by atoms with van der Waals surface area (Å²) in [7, 11) is 0. The average molecular weight is 321 g/mol. The van der Waals surface area contributed by atoms with Gasteiger partial charge in [-0.15, -0.1) is 0 Å². The first-order chi connectivity index (χ1) is 11.4. The SMILES string of the molecule is C(/Cc1ccccc1)=C1/Sc2ccccc2N1C1CCCCC1. The lowest BCUT2D eigenvalue weighted by atomic mass is 9.94. The predicted molar refractivity (Wildman–Crippen MR) is 99.9 cm³/mol. The van der Waals surface area contributed by atoms with E-state index in [4.69, 9.17) is 0 Å². The lowest BCUT2D eigenvalue weighted by molar-refractivity contribution is 0.433. The fourth-order valence-electron chi connectivity index (χ4n) is 3.70. The molecule has 2 aromatic carbocycles. The molecule has 0 amide bonds. The van der Waals surface area contributed by atoms with Gasteiger partial charge in [0, 0.05) is 10.9 Å². The highest BCUT2D eigenvalue weighted by Crippen LogP contribution is 2.48. The molecule has 1 heterocycles. The van der Waals surface area contributed by atoms with Crippen molar-refractivity contribution in [3.8, 4) is 0 Å². The van der Waals surface area contributed by atoms with E-state index in [1.54, 1.807) is 0 Å². The van der Waals surface area contributed by atoms with Crippen LogP contribution in [0.15, 0.2) is 70.6 Å². The number of benzene rings is 2. The minimum absolute atomic E-state index is 0.682. The summed E-state index contributed by atoms with van der Waals surface area (Å²) in [6.45, 7) is 0. The van der Waals surface area contributed by atoms with Crippen molar-refractivity contribution in [2.24, 2.45) is 0 Å². The molecule has 0 N–H and O–H groups in total. The lowest BCUT2D eigenvalue weighted by Crippen LogP contribution is -2.33. The monoisotopic (exact) mass is 321 g/mol. The summed E-state index contributed by atoms with van der Waals surface area (Å²) >= 11 is 1.94. The Kier molecular flexibility index (Phi) is 4.43. The van der Waals surface area contributed by atoms with E-state index in [-0.39, 0.29) is 0 Å². The summed E-state index contributed by atoms with van der Waals surface area (Å²) in [4.78, 5) is 4.04. The second-order valence-corrected chi connectivity index (χ2v) is 7.53. The number of thioether (sulfide) groups is 1. The number of hydrogen-bond acceptors (Lipinski definition) is 2. The number of para-hydroxylation sites is 1. The molecule has 0 saturated heterocycles. The molecule has 2 aliphatic rings. The van der Waals surface area contributed by atoms with Crippen molar-refractivity contribution in [2.45, 2.75) is 49.5 Å². The molecule has 1 fully saturated rings. The zero-order valence-corrected chi connectivity index (χ0v) is 14.3. The molecule has 1 saturated carbocycles. The molecule has 2 heteroatoms. The Bertz CT molecular complexity index is 686. The van der Waals surface area contributed by atoms with Gasteiger partial charge in [-0.3, -0.25) is 0 Å². The third-order valence-corrected chi connectivity index (χ3v) is 6.01. The van der Waals surface area contributed by atoms with Crippen LogP contribution in [0.25, 0.3) is 0 Å². The largest absolute Gasteiger partial charge is 0.332 e. The number of nitrogens with zero attached hydrogens (tertiary/aromatic N) is 1. The van der Waals surface area contributed by atoms with Crippen molar-refractivity contribution in [3.05, 3.63) is 71.3 Å². The lowest BCUT2D eigenvalue weighted by Gasteiger charge is -2.33.